The SMILES string of the molecule is CC(C)[C@H](N)CN1CCN(c2cccc(O)c2)[C@@H](C)C1. The normalized spacial score (nSPS) is 22.2. The van der Waals surface area contributed by atoms with Crippen molar-refractivity contribution in [2.45, 2.75) is 32.9 Å². The molecule has 1 aromatic carbocycles. The van der Waals surface area contributed by atoms with Crippen molar-refractivity contribution in [2.75, 3.05) is 31.1 Å². The van der Waals surface area contributed by atoms with Gasteiger partial charge in [0.05, 0.1) is 0 Å². The number of hydrogen-bond acceptors (Lipinski definition) is 4. The first-order valence-electron chi connectivity index (χ1n) is 7.51. The number of nitrogens with zero attached hydrogens (tertiary/aromatic N) is 2. The first-order valence-corrected chi connectivity index (χ1v) is 7.51. The van der Waals surface area contributed by atoms with Gasteiger partial charge in [0.25, 0.3) is 0 Å². The van der Waals surface area contributed by atoms with Crippen LogP contribution in [-0.2, 0) is 0 Å². The van der Waals surface area contributed by atoms with Crippen LogP contribution in [0.25, 0.3) is 0 Å². The molecule has 1 saturated heterocycles. The maximum Gasteiger partial charge on any atom is 0.117 e. The Morgan fingerprint density at radius 1 is 1.35 bits per heavy atom. The molecule has 1 fully saturated rings. The number of benzene rings is 1. The maximum absolute atomic E-state index is 9.61. The van der Waals surface area contributed by atoms with Gasteiger partial charge in [-0.15, -0.1) is 0 Å². The van der Waals surface area contributed by atoms with Gasteiger partial charge in [0, 0.05) is 50.0 Å². The van der Waals surface area contributed by atoms with Crippen molar-refractivity contribution in [2.24, 2.45) is 11.7 Å². The second-order valence-corrected chi connectivity index (χ2v) is 6.23. The predicted octanol–water partition coefficient (Wildman–Crippen LogP) is 1.89. The lowest BCUT2D eigenvalue weighted by atomic mass is 10.0. The lowest BCUT2D eigenvalue weighted by Gasteiger charge is -2.42. The minimum atomic E-state index is 0.245. The monoisotopic (exact) mass is 277 g/mol. The Morgan fingerprint density at radius 3 is 2.70 bits per heavy atom. The molecule has 1 aliphatic rings. The molecule has 20 heavy (non-hydrogen) atoms. The molecule has 0 bridgehead atoms. The number of nitrogens with two attached hydrogens (primary N) is 1. The maximum atomic E-state index is 9.61. The number of rotatable bonds is 4. The smallest absolute Gasteiger partial charge is 0.117 e. The third kappa shape index (κ3) is 3.64. The quantitative estimate of drug-likeness (QED) is 0.882. The summed E-state index contributed by atoms with van der Waals surface area (Å²) in [5.74, 6) is 0.855. The summed E-state index contributed by atoms with van der Waals surface area (Å²) in [6.07, 6.45) is 0. The molecule has 112 valence electrons. The van der Waals surface area contributed by atoms with Crippen LogP contribution >= 0.6 is 0 Å². The van der Waals surface area contributed by atoms with Gasteiger partial charge in [-0.05, 0) is 25.0 Å². The highest BCUT2D eigenvalue weighted by molar-refractivity contribution is 5.51. The van der Waals surface area contributed by atoms with E-state index in [0.717, 1.165) is 31.9 Å². The number of hydrogen-bond donors (Lipinski definition) is 2. The number of phenolic OH excluding ortho intramolecular Hbond substituents is 1. The Bertz CT molecular complexity index is 435. The van der Waals surface area contributed by atoms with Gasteiger partial charge in [0.1, 0.15) is 5.75 Å². The fourth-order valence-electron chi connectivity index (χ4n) is 2.76. The van der Waals surface area contributed by atoms with E-state index in [0.29, 0.717) is 17.7 Å². The molecule has 0 saturated carbocycles. The van der Waals surface area contributed by atoms with Gasteiger partial charge in [0.15, 0.2) is 0 Å². The summed E-state index contributed by atoms with van der Waals surface area (Å²) in [5.41, 5.74) is 7.27. The van der Waals surface area contributed by atoms with E-state index in [4.69, 9.17) is 5.73 Å². The van der Waals surface area contributed by atoms with Gasteiger partial charge in [-0.1, -0.05) is 19.9 Å². The Labute approximate surface area is 122 Å². The molecule has 0 spiro atoms. The largest absolute Gasteiger partial charge is 0.508 e. The van der Waals surface area contributed by atoms with E-state index >= 15 is 0 Å². The van der Waals surface area contributed by atoms with Crippen molar-refractivity contribution < 1.29 is 5.11 Å². The minimum absolute atomic E-state index is 0.245. The van der Waals surface area contributed by atoms with Crippen LogP contribution in [-0.4, -0.2) is 48.3 Å². The topological polar surface area (TPSA) is 52.7 Å². The zero-order chi connectivity index (χ0) is 14.7. The van der Waals surface area contributed by atoms with Gasteiger partial charge in [-0.3, -0.25) is 4.90 Å². The van der Waals surface area contributed by atoms with Crippen LogP contribution in [0, 0.1) is 5.92 Å². The molecule has 1 aromatic rings. The van der Waals surface area contributed by atoms with Crippen molar-refractivity contribution in [1.82, 2.24) is 4.90 Å². The number of piperazine rings is 1. The highest BCUT2D eigenvalue weighted by atomic mass is 16.3. The summed E-state index contributed by atoms with van der Waals surface area (Å²) in [4.78, 5) is 4.81. The molecule has 0 aliphatic carbocycles. The molecule has 1 aliphatic heterocycles. The van der Waals surface area contributed by atoms with Crippen molar-refractivity contribution >= 4 is 5.69 Å². The van der Waals surface area contributed by atoms with E-state index in [1.807, 2.05) is 12.1 Å². The van der Waals surface area contributed by atoms with Crippen LogP contribution < -0.4 is 10.6 Å². The second kappa shape index (κ2) is 6.46. The van der Waals surface area contributed by atoms with Gasteiger partial charge >= 0.3 is 0 Å². The van der Waals surface area contributed by atoms with Crippen LogP contribution in [0.2, 0.25) is 0 Å². The molecule has 0 unspecified atom stereocenters. The fraction of sp³-hybridized carbons (Fsp3) is 0.625. The highest BCUT2D eigenvalue weighted by Crippen LogP contribution is 2.24. The predicted molar refractivity (Wildman–Crippen MR) is 84.2 cm³/mol. The van der Waals surface area contributed by atoms with Crippen LogP contribution in [0.3, 0.4) is 0 Å². The highest BCUT2D eigenvalue weighted by Gasteiger charge is 2.25. The molecule has 2 atom stereocenters. The number of phenols is 1. The van der Waals surface area contributed by atoms with Gasteiger partial charge in [0.2, 0.25) is 0 Å². The first kappa shape index (κ1) is 15.1. The zero-order valence-corrected chi connectivity index (χ0v) is 12.8. The summed E-state index contributed by atoms with van der Waals surface area (Å²) >= 11 is 0. The van der Waals surface area contributed by atoms with Gasteiger partial charge < -0.3 is 15.7 Å². The summed E-state index contributed by atoms with van der Waals surface area (Å²) in [6.45, 7) is 10.6. The van der Waals surface area contributed by atoms with Gasteiger partial charge in [-0.2, -0.15) is 0 Å². The summed E-state index contributed by atoms with van der Waals surface area (Å²) in [5, 5.41) is 9.61. The van der Waals surface area contributed by atoms with Crippen LogP contribution in [0.5, 0.6) is 5.75 Å². The number of aromatic hydroxyl groups is 1. The summed E-state index contributed by atoms with van der Waals surface area (Å²) < 4.78 is 0. The minimum Gasteiger partial charge on any atom is -0.508 e. The Kier molecular flexibility index (Phi) is 4.89. The molecular formula is C16H27N3O. The van der Waals surface area contributed by atoms with E-state index < -0.39 is 0 Å². The van der Waals surface area contributed by atoms with E-state index in [2.05, 4.69) is 36.6 Å². The molecule has 0 amide bonds. The fourth-order valence-corrected chi connectivity index (χ4v) is 2.76. The van der Waals surface area contributed by atoms with E-state index in [1.165, 1.54) is 0 Å². The van der Waals surface area contributed by atoms with E-state index in [9.17, 15) is 5.11 Å². The Balaban J connectivity index is 1.96. The average Bonchev–Trinajstić information content (AvgIpc) is 2.38. The van der Waals surface area contributed by atoms with Crippen molar-refractivity contribution in [3.05, 3.63) is 24.3 Å². The molecule has 4 heteroatoms. The lowest BCUT2D eigenvalue weighted by Crippen LogP contribution is -2.55. The van der Waals surface area contributed by atoms with Gasteiger partial charge in [-0.25, -0.2) is 0 Å². The van der Waals surface area contributed by atoms with E-state index in [1.54, 1.807) is 6.07 Å². The third-order valence-corrected chi connectivity index (χ3v) is 4.20. The first-order chi connectivity index (χ1) is 9.47. The van der Waals surface area contributed by atoms with Crippen LogP contribution in [0.4, 0.5) is 5.69 Å². The second-order valence-electron chi connectivity index (χ2n) is 6.23. The Morgan fingerprint density at radius 2 is 2.10 bits per heavy atom. The standard InChI is InChI=1S/C16H27N3O/c1-12(2)16(17)11-18-7-8-19(13(3)10-18)14-5-4-6-15(20)9-14/h4-6,9,12-13,16,20H,7-8,10-11,17H2,1-3H3/t13-,16+/m0/s1. The molecule has 0 aromatic heterocycles. The van der Waals surface area contributed by atoms with Crippen molar-refractivity contribution in [3.8, 4) is 5.75 Å². The zero-order valence-electron chi connectivity index (χ0n) is 12.8. The number of anilines is 1. The molecule has 0 radical (unpaired) electrons. The van der Waals surface area contributed by atoms with Crippen LogP contribution in [0.15, 0.2) is 24.3 Å². The Hall–Kier alpha value is -1.26. The average molecular weight is 277 g/mol. The van der Waals surface area contributed by atoms with Crippen molar-refractivity contribution in [1.29, 1.82) is 0 Å². The molecule has 2 rings (SSSR count). The van der Waals surface area contributed by atoms with Crippen LogP contribution in [0.1, 0.15) is 20.8 Å². The molecular weight excluding hydrogens is 250 g/mol. The third-order valence-electron chi connectivity index (χ3n) is 4.20. The summed E-state index contributed by atoms with van der Waals surface area (Å²) in [7, 11) is 0. The molecule has 3 N–H and O–H groups in total. The van der Waals surface area contributed by atoms with Crippen molar-refractivity contribution in [3.63, 3.8) is 0 Å². The molecule has 1 heterocycles. The van der Waals surface area contributed by atoms with E-state index in [-0.39, 0.29) is 6.04 Å². The summed E-state index contributed by atoms with van der Waals surface area (Å²) in [6, 6.07) is 8.20. The molecule has 4 nitrogen and oxygen atoms in total. The lowest BCUT2D eigenvalue weighted by molar-refractivity contribution is 0.203.